The minimum Gasteiger partial charge on any atom is -0.493 e. The van der Waals surface area contributed by atoms with Crippen molar-refractivity contribution in [3.8, 4) is 5.75 Å². The van der Waals surface area contributed by atoms with Crippen molar-refractivity contribution in [3.05, 3.63) is 42.5 Å². The van der Waals surface area contributed by atoms with Gasteiger partial charge < -0.3 is 9.64 Å². The highest BCUT2D eigenvalue weighted by atomic mass is 16.5. The fraction of sp³-hybridized carbons (Fsp3) is 0.231. The second-order valence-electron chi connectivity index (χ2n) is 4.06. The summed E-state index contributed by atoms with van der Waals surface area (Å²) in [7, 11) is 5.31. The monoisotopic (exact) mass is 245 g/mol. The van der Waals surface area contributed by atoms with Gasteiger partial charge in [-0.25, -0.2) is 4.98 Å². The van der Waals surface area contributed by atoms with Gasteiger partial charge in [-0.3, -0.25) is 9.20 Å². The zero-order chi connectivity index (χ0) is 13.1. The predicted molar refractivity (Wildman–Crippen MR) is 68.9 cm³/mol. The second-order valence-corrected chi connectivity index (χ2v) is 4.06. The molecule has 0 bridgehead atoms. The van der Waals surface area contributed by atoms with Crippen molar-refractivity contribution < 1.29 is 9.53 Å². The van der Waals surface area contributed by atoms with E-state index in [0.29, 0.717) is 17.1 Å². The van der Waals surface area contributed by atoms with Crippen molar-refractivity contribution in [2.45, 2.75) is 0 Å². The smallest absolute Gasteiger partial charge is 0.205 e. The maximum Gasteiger partial charge on any atom is 0.205 e. The van der Waals surface area contributed by atoms with E-state index in [1.807, 2.05) is 31.1 Å². The number of methoxy groups -OCH3 is 1. The lowest BCUT2D eigenvalue weighted by Crippen LogP contribution is -2.05. The number of ether oxygens (including phenoxy) is 1. The Hall–Kier alpha value is -2.30. The van der Waals surface area contributed by atoms with Crippen LogP contribution in [0, 0.1) is 0 Å². The Morgan fingerprint density at radius 1 is 1.50 bits per heavy atom. The number of pyridine rings is 1. The van der Waals surface area contributed by atoms with Crippen LogP contribution in [0.5, 0.6) is 5.75 Å². The van der Waals surface area contributed by atoms with E-state index < -0.39 is 0 Å². The zero-order valence-electron chi connectivity index (χ0n) is 10.6. The summed E-state index contributed by atoms with van der Waals surface area (Å²) in [4.78, 5) is 18.0. The van der Waals surface area contributed by atoms with Crippen LogP contribution in [-0.4, -0.2) is 41.3 Å². The Balaban J connectivity index is 2.44. The van der Waals surface area contributed by atoms with Crippen molar-refractivity contribution in [1.82, 2.24) is 14.3 Å². The van der Waals surface area contributed by atoms with Gasteiger partial charge in [0, 0.05) is 32.6 Å². The van der Waals surface area contributed by atoms with Gasteiger partial charge >= 0.3 is 0 Å². The van der Waals surface area contributed by atoms with Crippen LogP contribution in [0.15, 0.2) is 36.8 Å². The van der Waals surface area contributed by atoms with E-state index >= 15 is 0 Å². The van der Waals surface area contributed by atoms with Gasteiger partial charge in [0.05, 0.1) is 13.3 Å². The highest BCUT2D eigenvalue weighted by molar-refractivity contribution is 6.03. The summed E-state index contributed by atoms with van der Waals surface area (Å²) < 4.78 is 6.92. The molecule has 0 fully saturated rings. The van der Waals surface area contributed by atoms with Crippen LogP contribution in [0.4, 0.5) is 0 Å². The van der Waals surface area contributed by atoms with Crippen molar-refractivity contribution in [3.63, 3.8) is 0 Å². The Morgan fingerprint density at radius 3 is 2.94 bits per heavy atom. The number of nitrogens with zero attached hydrogens (tertiary/aromatic N) is 3. The van der Waals surface area contributed by atoms with Gasteiger partial charge in [-0.05, 0) is 12.1 Å². The standard InChI is InChI=1S/C13H15N3O2/c1-15(2)8-6-11(17)10-9-14-13-12(18-3)5-4-7-16(10)13/h4-9H,1-3H3. The van der Waals surface area contributed by atoms with E-state index in [1.165, 1.54) is 6.08 Å². The molecular weight excluding hydrogens is 230 g/mol. The van der Waals surface area contributed by atoms with E-state index in [0.717, 1.165) is 0 Å². The number of fused-ring (bicyclic) bond motifs is 1. The number of allylic oxidation sites excluding steroid dienone is 1. The van der Waals surface area contributed by atoms with Crippen LogP contribution in [-0.2, 0) is 0 Å². The molecule has 0 unspecified atom stereocenters. The molecule has 0 radical (unpaired) electrons. The zero-order valence-corrected chi connectivity index (χ0v) is 10.6. The van der Waals surface area contributed by atoms with Gasteiger partial charge in [0.1, 0.15) is 5.69 Å². The average molecular weight is 245 g/mol. The number of ketones is 1. The van der Waals surface area contributed by atoms with Gasteiger partial charge in [-0.15, -0.1) is 0 Å². The maximum absolute atomic E-state index is 12.0. The van der Waals surface area contributed by atoms with Gasteiger partial charge in [0.15, 0.2) is 11.4 Å². The van der Waals surface area contributed by atoms with Crippen molar-refractivity contribution in [2.75, 3.05) is 21.2 Å². The second kappa shape index (κ2) is 4.91. The van der Waals surface area contributed by atoms with Crippen LogP contribution >= 0.6 is 0 Å². The number of hydrogen-bond donors (Lipinski definition) is 0. The number of carbonyl (C=O) groups excluding carboxylic acids is 1. The van der Waals surface area contributed by atoms with Crippen molar-refractivity contribution in [2.24, 2.45) is 0 Å². The quantitative estimate of drug-likeness (QED) is 0.606. The first-order chi connectivity index (χ1) is 8.63. The number of hydrogen-bond acceptors (Lipinski definition) is 4. The van der Waals surface area contributed by atoms with E-state index in [9.17, 15) is 4.79 Å². The van der Waals surface area contributed by atoms with Crippen LogP contribution in [0.1, 0.15) is 10.5 Å². The molecule has 0 aliphatic heterocycles. The average Bonchev–Trinajstić information content (AvgIpc) is 2.79. The molecule has 0 saturated heterocycles. The SMILES string of the molecule is COc1cccn2c(C(=O)C=CN(C)C)cnc12. The molecule has 0 aromatic carbocycles. The van der Waals surface area contributed by atoms with Crippen molar-refractivity contribution in [1.29, 1.82) is 0 Å². The normalized spacial score (nSPS) is 11.1. The first-order valence-electron chi connectivity index (χ1n) is 5.52. The molecule has 5 nitrogen and oxygen atoms in total. The molecule has 0 aliphatic carbocycles. The Labute approximate surface area is 105 Å². The summed E-state index contributed by atoms with van der Waals surface area (Å²) in [6.45, 7) is 0. The predicted octanol–water partition coefficient (Wildman–Crippen LogP) is 1.60. The lowest BCUT2D eigenvalue weighted by atomic mass is 10.3. The van der Waals surface area contributed by atoms with Gasteiger partial charge in [0.2, 0.25) is 5.78 Å². The molecule has 0 saturated carbocycles. The summed E-state index contributed by atoms with van der Waals surface area (Å²) in [5, 5.41) is 0. The highest BCUT2D eigenvalue weighted by Crippen LogP contribution is 2.19. The molecule has 2 heterocycles. The minimum absolute atomic E-state index is 0.0931. The molecule has 2 aromatic rings. The molecule has 0 amide bonds. The minimum atomic E-state index is -0.0931. The van der Waals surface area contributed by atoms with E-state index in [2.05, 4.69) is 4.98 Å². The van der Waals surface area contributed by atoms with E-state index in [1.54, 1.807) is 30.1 Å². The third kappa shape index (κ3) is 2.20. The topological polar surface area (TPSA) is 46.8 Å². The summed E-state index contributed by atoms with van der Waals surface area (Å²) in [6, 6.07) is 3.63. The van der Waals surface area contributed by atoms with Gasteiger partial charge in [-0.1, -0.05) is 0 Å². The third-order valence-electron chi connectivity index (χ3n) is 2.50. The molecule has 0 aliphatic rings. The molecule has 0 N–H and O–H groups in total. The Kier molecular flexibility index (Phi) is 3.32. The van der Waals surface area contributed by atoms with Gasteiger partial charge in [0.25, 0.3) is 0 Å². The lowest BCUT2D eigenvalue weighted by Gasteiger charge is -2.04. The number of imidazole rings is 1. The Bertz CT molecular complexity index is 599. The third-order valence-corrected chi connectivity index (χ3v) is 2.50. The van der Waals surface area contributed by atoms with Gasteiger partial charge in [-0.2, -0.15) is 0 Å². The number of aromatic nitrogens is 2. The molecule has 94 valence electrons. The Morgan fingerprint density at radius 2 is 2.28 bits per heavy atom. The summed E-state index contributed by atoms with van der Waals surface area (Å²) in [6.07, 6.45) is 6.58. The van der Waals surface area contributed by atoms with E-state index in [-0.39, 0.29) is 5.78 Å². The van der Waals surface area contributed by atoms with Crippen LogP contribution < -0.4 is 4.74 Å². The first-order valence-corrected chi connectivity index (χ1v) is 5.52. The van der Waals surface area contributed by atoms with Crippen molar-refractivity contribution >= 4 is 11.4 Å². The number of rotatable bonds is 4. The van der Waals surface area contributed by atoms with E-state index in [4.69, 9.17) is 4.74 Å². The fourth-order valence-electron chi connectivity index (χ4n) is 1.63. The van der Waals surface area contributed by atoms with Crippen LogP contribution in [0.25, 0.3) is 5.65 Å². The maximum atomic E-state index is 12.0. The number of carbonyl (C=O) groups is 1. The molecule has 0 spiro atoms. The summed E-state index contributed by atoms with van der Waals surface area (Å²) in [5.74, 6) is 0.553. The fourth-order valence-corrected chi connectivity index (χ4v) is 1.63. The molecule has 5 heteroatoms. The lowest BCUT2D eigenvalue weighted by molar-refractivity contribution is 0.104. The van der Waals surface area contributed by atoms with Crippen LogP contribution in [0.2, 0.25) is 0 Å². The van der Waals surface area contributed by atoms with Crippen LogP contribution in [0.3, 0.4) is 0 Å². The largest absolute Gasteiger partial charge is 0.493 e. The summed E-state index contributed by atoms with van der Waals surface area (Å²) >= 11 is 0. The first kappa shape index (κ1) is 12.2. The molecule has 18 heavy (non-hydrogen) atoms. The molecule has 2 rings (SSSR count). The molecule has 2 aromatic heterocycles. The highest BCUT2D eigenvalue weighted by Gasteiger charge is 2.11. The molecule has 0 atom stereocenters. The molecular formula is C13H15N3O2. The summed E-state index contributed by atoms with van der Waals surface area (Å²) in [5.41, 5.74) is 1.16.